The van der Waals surface area contributed by atoms with Crippen molar-refractivity contribution in [1.82, 2.24) is 5.32 Å². The van der Waals surface area contributed by atoms with E-state index in [4.69, 9.17) is 4.74 Å². The lowest BCUT2D eigenvalue weighted by Crippen LogP contribution is -2.26. The predicted molar refractivity (Wildman–Crippen MR) is 78.9 cm³/mol. The molecule has 0 aliphatic carbocycles. The van der Waals surface area contributed by atoms with Crippen molar-refractivity contribution in [1.29, 1.82) is 0 Å². The van der Waals surface area contributed by atoms with Crippen LogP contribution in [0.15, 0.2) is 29.8 Å². The maximum Gasteiger partial charge on any atom is 0.126 e. The van der Waals surface area contributed by atoms with Crippen LogP contribution in [0.5, 0.6) is 5.75 Å². The molecule has 0 fully saturated rings. The number of benzene rings is 1. The van der Waals surface area contributed by atoms with Crippen LogP contribution in [0, 0.1) is 5.92 Å². The molecule has 0 amide bonds. The van der Waals surface area contributed by atoms with E-state index in [1.165, 1.54) is 5.57 Å². The summed E-state index contributed by atoms with van der Waals surface area (Å²) in [5, 5.41) is 3.48. The van der Waals surface area contributed by atoms with Gasteiger partial charge in [-0.05, 0) is 12.0 Å². The smallest absolute Gasteiger partial charge is 0.126 e. The van der Waals surface area contributed by atoms with Crippen LogP contribution in [0.1, 0.15) is 33.3 Å². The fourth-order valence-electron chi connectivity index (χ4n) is 1.73. The van der Waals surface area contributed by atoms with Crippen molar-refractivity contribution in [3.63, 3.8) is 0 Å². The van der Waals surface area contributed by atoms with E-state index in [0.717, 1.165) is 17.9 Å². The molecule has 0 atom stereocenters. The molecule has 18 heavy (non-hydrogen) atoms. The summed E-state index contributed by atoms with van der Waals surface area (Å²) in [4.78, 5) is 0. The van der Waals surface area contributed by atoms with Crippen LogP contribution in [-0.4, -0.2) is 19.7 Å². The molecule has 0 aliphatic heterocycles. The summed E-state index contributed by atoms with van der Waals surface area (Å²) in [5.74, 6) is 1.46. The fraction of sp³-hybridized carbons (Fsp3) is 0.500. The summed E-state index contributed by atoms with van der Waals surface area (Å²) in [7, 11) is 1.72. The van der Waals surface area contributed by atoms with Gasteiger partial charge < -0.3 is 10.1 Å². The molecule has 0 aromatic heterocycles. The molecular weight excluding hydrogens is 222 g/mol. The number of nitrogens with one attached hydrogen (secondary N) is 1. The first kappa shape index (κ1) is 14.8. The van der Waals surface area contributed by atoms with E-state index in [2.05, 4.69) is 45.2 Å². The van der Waals surface area contributed by atoms with E-state index < -0.39 is 0 Å². The van der Waals surface area contributed by atoms with Gasteiger partial charge in [-0.1, -0.05) is 57.5 Å². The Balaban J connectivity index is 2.93. The predicted octanol–water partition coefficient (Wildman–Crippen LogP) is 3.73. The quantitative estimate of drug-likeness (QED) is 0.827. The lowest BCUT2D eigenvalue weighted by atomic mass is 9.99. The summed E-state index contributed by atoms with van der Waals surface area (Å²) < 4.78 is 5.39. The zero-order chi connectivity index (χ0) is 13.5. The second-order valence-electron chi connectivity index (χ2n) is 5.15. The van der Waals surface area contributed by atoms with Crippen molar-refractivity contribution in [3.8, 4) is 5.75 Å². The number of ether oxygens (including phenoxy) is 1. The molecule has 0 aliphatic rings. The Morgan fingerprint density at radius 1 is 1.22 bits per heavy atom. The van der Waals surface area contributed by atoms with Gasteiger partial charge in [0.25, 0.3) is 0 Å². The minimum absolute atomic E-state index is 0.504. The van der Waals surface area contributed by atoms with Crippen LogP contribution in [0.25, 0.3) is 6.08 Å². The largest absolute Gasteiger partial charge is 0.496 e. The van der Waals surface area contributed by atoms with Crippen molar-refractivity contribution in [2.45, 2.75) is 33.7 Å². The van der Waals surface area contributed by atoms with E-state index in [0.29, 0.717) is 12.0 Å². The van der Waals surface area contributed by atoms with Crippen molar-refractivity contribution in [2.24, 2.45) is 5.92 Å². The van der Waals surface area contributed by atoms with Gasteiger partial charge in [0.15, 0.2) is 0 Å². The summed E-state index contributed by atoms with van der Waals surface area (Å²) in [6, 6.07) is 8.64. The SMILES string of the molecule is COc1ccccc1C=C(CNC(C)C)C(C)C. The first-order valence-electron chi connectivity index (χ1n) is 6.61. The highest BCUT2D eigenvalue weighted by atomic mass is 16.5. The van der Waals surface area contributed by atoms with Crippen LogP contribution in [0.4, 0.5) is 0 Å². The highest BCUT2D eigenvalue weighted by Gasteiger charge is 2.06. The highest BCUT2D eigenvalue weighted by molar-refractivity contribution is 5.60. The van der Waals surface area contributed by atoms with Gasteiger partial charge in [0.05, 0.1) is 7.11 Å². The maximum absolute atomic E-state index is 5.39. The second kappa shape index (κ2) is 7.22. The molecule has 0 heterocycles. The van der Waals surface area contributed by atoms with Crippen molar-refractivity contribution in [3.05, 3.63) is 35.4 Å². The summed E-state index contributed by atoms with van der Waals surface area (Å²) in [6.45, 7) is 9.71. The molecule has 1 N–H and O–H groups in total. The van der Waals surface area contributed by atoms with Crippen molar-refractivity contribution in [2.75, 3.05) is 13.7 Å². The van der Waals surface area contributed by atoms with Crippen LogP contribution in [-0.2, 0) is 0 Å². The average Bonchev–Trinajstić information content (AvgIpc) is 2.34. The third kappa shape index (κ3) is 4.53. The Labute approximate surface area is 111 Å². The van der Waals surface area contributed by atoms with Crippen LogP contribution in [0.3, 0.4) is 0 Å². The highest BCUT2D eigenvalue weighted by Crippen LogP contribution is 2.22. The molecule has 0 bridgehead atoms. The number of rotatable bonds is 6. The number of para-hydroxylation sites is 1. The van der Waals surface area contributed by atoms with Gasteiger partial charge in [-0.2, -0.15) is 0 Å². The number of methoxy groups -OCH3 is 1. The maximum atomic E-state index is 5.39. The Hall–Kier alpha value is -1.28. The molecule has 1 aromatic carbocycles. The molecule has 0 saturated heterocycles. The van der Waals surface area contributed by atoms with Gasteiger partial charge in [0.2, 0.25) is 0 Å². The molecule has 100 valence electrons. The zero-order valence-corrected chi connectivity index (χ0v) is 12.2. The van der Waals surface area contributed by atoms with Gasteiger partial charge in [0, 0.05) is 18.2 Å². The summed E-state index contributed by atoms with van der Waals surface area (Å²) in [5.41, 5.74) is 2.54. The number of hydrogen-bond acceptors (Lipinski definition) is 2. The topological polar surface area (TPSA) is 21.3 Å². The first-order chi connectivity index (χ1) is 8.54. The van der Waals surface area contributed by atoms with Gasteiger partial charge in [-0.3, -0.25) is 0 Å². The average molecular weight is 247 g/mol. The molecule has 1 aromatic rings. The van der Waals surface area contributed by atoms with Gasteiger partial charge in [-0.25, -0.2) is 0 Å². The number of hydrogen-bond donors (Lipinski definition) is 1. The zero-order valence-electron chi connectivity index (χ0n) is 12.2. The summed E-state index contributed by atoms with van der Waals surface area (Å²) in [6.07, 6.45) is 2.24. The Bertz CT molecular complexity index is 394. The summed E-state index contributed by atoms with van der Waals surface area (Å²) >= 11 is 0. The lowest BCUT2D eigenvalue weighted by molar-refractivity contribution is 0.414. The van der Waals surface area contributed by atoms with E-state index in [-0.39, 0.29) is 0 Å². The minimum Gasteiger partial charge on any atom is -0.496 e. The van der Waals surface area contributed by atoms with E-state index in [1.54, 1.807) is 7.11 Å². The minimum atomic E-state index is 0.504. The molecular formula is C16H25NO. The second-order valence-corrected chi connectivity index (χ2v) is 5.15. The van der Waals surface area contributed by atoms with E-state index >= 15 is 0 Å². The molecule has 0 unspecified atom stereocenters. The molecule has 0 spiro atoms. The lowest BCUT2D eigenvalue weighted by Gasteiger charge is -2.15. The first-order valence-corrected chi connectivity index (χ1v) is 6.61. The van der Waals surface area contributed by atoms with Gasteiger partial charge in [0.1, 0.15) is 5.75 Å². The molecule has 0 radical (unpaired) electrons. The fourth-order valence-corrected chi connectivity index (χ4v) is 1.73. The normalized spacial score (nSPS) is 12.3. The van der Waals surface area contributed by atoms with E-state index in [9.17, 15) is 0 Å². The van der Waals surface area contributed by atoms with Gasteiger partial charge in [-0.15, -0.1) is 0 Å². The van der Waals surface area contributed by atoms with Crippen LogP contribution < -0.4 is 10.1 Å². The standard InChI is InChI=1S/C16H25NO/c1-12(2)15(11-17-13(3)4)10-14-8-6-7-9-16(14)18-5/h6-10,12-13,17H,11H2,1-5H3. The van der Waals surface area contributed by atoms with E-state index in [1.807, 2.05) is 18.2 Å². The molecule has 0 saturated carbocycles. The Morgan fingerprint density at radius 2 is 1.89 bits per heavy atom. The van der Waals surface area contributed by atoms with Gasteiger partial charge >= 0.3 is 0 Å². The molecule has 2 heteroatoms. The third-order valence-corrected chi connectivity index (χ3v) is 2.94. The molecule has 2 nitrogen and oxygen atoms in total. The Kier molecular flexibility index (Phi) is 5.93. The third-order valence-electron chi connectivity index (χ3n) is 2.94. The monoisotopic (exact) mass is 247 g/mol. The van der Waals surface area contributed by atoms with Crippen LogP contribution >= 0.6 is 0 Å². The van der Waals surface area contributed by atoms with Crippen molar-refractivity contribution >= 4 is 6.08 Å². The van der Waals surface area contributed by atoms with Crippen molar-refractivity contribution < 1.29 is 4.74 Å². The molecule has 1 rings (SSSR count). The van der Waals surface area contributed by atoms with Crippen LogP contribution in [0.2, 0.25) is 0 Å². The Morgan fingerprint density at radius 3 is 2.44 bits per heavy atom.